The first kappa shape index (κ1) is 27.4. The van der Waals surface area contributed by atoms with E-state index in [1.807, 2.05) is 48.5 Å². The number of benzene rings is 7. The smallest absolute Gasteiger partial charge is 0.180 e. The maximum Gasteiger partial charge on any atom is 0.180 e. The zero-order valence-electron chi connectivity index (χ0n) is 26.2. The van der Waals surface area contributed by atoms with Gasteiger partial charge in [-0.05, 0) is 60.0 Å². The number of anilines is 3. The fourth-order valence-corrected chi connectivity index (χ4v) is 7.08. The molecule has 0 N–H and O–H groups in total. The van der Waals surface area contributed by atoms with Crippen molar-refractivity contribution in [1.29, 1.82) is 0 Å². The first-order valence-corrected chi connectivity index (χ1v) is 16.3. The minimum absolute atomic E-state index is 0.608. The van der Waals surface area contributed by atoms with E-state index in [-0.39, 0.29) is 0 Å². The lowest BCUT2D eigenvalue weighted by Gasteiger charge is -2.26. The Morgan fingerprint density at radius 1 is 0.469 bits per heavy atom. The minimum Gasteiger partial charge on any atom is -0.455 e. The molecule has 0 bridgehead atoms. The average Bonchev–Trinajstić information content (AvgIpc) is 3.75. The molecule has 0 aliphatic carbocycles. The molecule has 0 saturated heterocycles. The van der Waals surface area contributed by atoms with Gasteiger partial charge in [-0.1, -0.05) is 109 Å². The Morgan fingerprint density at radius 3 is 1.84 bits per heavy atom. The number of rotatable bonds is 5. The summed E-state index contributed by atoms with van der Waals surface area (Å²) in [6, 6.07) is 56.0. The third kappa shape index (κ3) is 4.33. The van der Waals surface area contributed by atoms with E-state index in [2.05, 4.69) is 120 Å². The van der Waals surface area contributed by atoms with Crippen molar-refractivity contribution in [2.24, 2.45) is 0 Å². The Morgan fingerprint density at radius 2 is 1.08 bits per heavy atom. The molecular formula is C44H27N3O2. The first-order chi connectivity index (χ1) is 24.3. The van der Waals surface area contributed by atoms with Crippen LogP contribution in [0.2, 0.25) is 0 Å². The van der Waals surface area contributed by atoms with Gasteiger partial charge in [0.15, 0.2) is 11.4 Å². The molecule has 49 heavy (non-hydrogen) atoms. The number of para-hydroxylation sites is 3. The van der Waals surface area contributed by atoms with Gasteiger partial charge >= 0.3 is 0 Å². The summed E-state index contributed by atoms with van der Waals surface area (Å²) in [5, 5.41) is 5.00. The van der Waals surface area contributed by atoms with E-state index in [1.165, 1.54) is 0 Å². The van der Waals surface area contributed by atoms with E-state index in [0.29, 0.717) is 11.4 Å². The molecule has 5 heteroatoms. The first-order valence-electron chi connectivity index (χ1n) is 16.3. The van der Waals surface area contributed by atoms with Crippen LogP contribution in [0.1, 0.15) is 0 Å². The van der Waals surface area contributed by atoms with Gasteiger partial charge in [0.2, 0.25) is 0 Å². The predicted molar refractivity (Wildman–Crippen MR) is 200 cm³/mol. The van der Waals surface area contributed by atoms with Crippen LogP contribution in [0.15, 0.2) is 173 Å². The highest BCUT2D eigenvalue weighted by Gasteiger charge is 2.25. The summed E-state index contributed by atoms with van der Waals surface area (Å²) < 4.78 is 13.3. The number of nitrogens with zero attached hydrogens (tertiary/aromatic N) is 3. The molecule has 0 aliphatic rings. The zero-order valence-corrected chi connectivity index (χ0v) is 26.2. The highest BCUT2D eigenvalue weighted by molar-refractivity contribution is 6.24. The third-order valence-corrected chi connectivity index (χ3v) is 9.25. The van der Waals surface area contributed by atoms with E-state index in [1.54, 1.807) is 0 Å². The number of hydrogen-bond donors (Lipinski definition) is 0. The standard InChI is InChI=1S/C44H27N3O2/c1-4-15-28(16-5-1)40-43-41(33-23-12-13-25-36(33)48-43)46-44(45-40)34-27-29-17-10-11-22-32(29)42-38(34)39-35(24-14-26-37(39)49-42)47(30-18-6-2-7-19-30)31-20-8-3-9-21-31/h1-27H. The van der Waals surface area contributed by atoms with E-state index >= 15 is 0 Å². The van der Waals surface area contributed by atoms with Gasteiger partial charge in [-0.25, -0.2) is 9.97 Å². The average molecular weight is 630 g/mol. The minimum atomic E-state index is 0.608. The Hall–Kier alpha value is -6.72. The molecule has 10 rings (SSSR count). The van der Waals surface area contributed by atoms with E-state index in [9.17, 15) is 0 Å². The van der Waals surface area contributed by atoms with Crippen LogP contribution in [0.5, 0.6) is 0 Å². The third-order valence-electron chi connectivity index (χ3n) is 9.25. The van der Waals surface area contributed by atoms with Crippen molar-refractivity contribution in [3.8, 4) is 22.6 Å². The van der Waals surface area contributed by atoms with Crippen molar-refractivity contribution < 1.29 is 8.83 Å². The molecule has 0 unspecified atom stereocenters. The summed E-state index contributed by atoms with van der Waals surface area (Å²) in [5.41, 5.74) is 9.54. The molecule has 7 aromatic carbocycles. The lowest BCUT2D eigenvalue weighted by Crippen LogP contribution is -2.10. The van der Waals surface area contributed by atoms with Crippen molar-refractivity contribution in [1.82, 2.24) is 9.97 Å². The van der Waals surface area contributed by atoms with Crippen molar-refractivity contribution >= 4 is 71.8 Å². The van der Waals surface area contributed by atoms with E-state index in [0.717, 1.165) is 83.1 Å². The van der Waals surface area contributed by atoms with Gasteiger partial charge in [-0.2, -0.15) is 0 Å². The van der Waals surface area contributed by atoms with Gasteiger partial charge in [0.05, 0.1) is 11.1 Å². The second-order valence-corrected chi connectivity index (χ2v) is 12.1. The molecule has 5 nitrogen and oxygen atoms in total. The highest BCUT2D eigenvalue weighted by Crippen LogP contribution is 2.47. The summed E-state index contributed by atoms with van der Waals surface area (Å²) in [5.74, 6) is 0.608. The van der Waals surface area contributed by atoms with Crippen molar-refractivity contribution in [2.75, 3.05) is 4.90 Å². The van der Waals surface area contributed by atoms with Crippen LogP contribution in [0.4, 0.5) is 17.1 Å². The molecule has 0 aliphatic heterocycles. The second kappa shape index (κ2) is 10.9. The Labute approximate surface area is 281 Å². The molecular weight excluding hydrogens is 603 g/mol. The molecule has 0 radical (unpaired) electrons. The maximum atomic E-state index is 6.85. The van der Waals surface area contributed by atoms with Crippen molar-refractivity contribution in [3.63, 3.8) is 0 Å². The van der Waals surface area contributed by atoms with Crippen LogP contribution in [0.3, 0.4) is 0 Å². The summed E-state index contributed by atoms with van der Waals surface area (Å²) in [6.45, 7) is 0. The summed E-state index contributed by atoms with van der Waals surface area (Å²) in [7, 11) is 0. The van der Waals surface area contributed by atoms with Crippen LogP contribution < -0.4 is 4.90 Å². The highest BCUT2D eigenvalue weighted by atomic mass is 16.3. The number of aromatic nitrogens is 2. The molecule has 3 heterocycles. The molecule has 0 atom stereocenters. The van der Waals surface area contributed by atoms with Gasteiger partial charge in [0.1, 0.15) is 28.0 Å². The fraction of sp³-hybridized carbons (Fsp3) is 0. The number of hydrogen-bond acceptors (Lipinski definition) is 5. The Balaban J connectivity index is 1.36. The fourth-order valence-electron chi connectivity index (χ4n) is 7.08. The molecule has 0 amide bonds. The van der Waals surface area contributed by atoms with Crippen LogP contribution in [0.25, 0.3) is 77.4 Å². The monoisotopic (exact) mass is 629 g/mol. The van der Waals surface area contributed by atoms with Gasteiger partial charge in [-0.3, -0.25) is 0 Å². The number of fused-ring (bicyclic) bond motifs is 8. The second-order valence-electron chi connectivity index (χ2n) is 12.1. The van der Waals surface area contributed by atoms with Gasteiger partial charge in [0.25, 0.3) is 0 Å². The van der Waals surface area contributed by atoms with Gasteiger partial charge < -0.3 is 13.7 Å². The lowest BCUT2D eigenvalue weighted by molar-refractivity contribution is 0.667. The Kier molecular flexibility index (Phi) is 6.11. The predicted octanol–water partition coefficient (Wildman–Crippen LogP) is 12.2. The van der Waals surface area contributed by atoms with Gasteiger partial charge in [-0.15, -0.1) is 0 Å². The SMILES string of the molecule is c1ccc(-c2nc(-c3cc4ccccc4c4oc5cccc(N(c6ccccc6)c6ccccc6)c5c34)nc3c2oc2ccccc23)cc1. The van der Waals surface area contributed by atoms with Crippen LogP contribution in [-0.2, 0) is 0 Å². The van der Waals surface area contributed by atoms with Crippen molar-refractivity contribution in [2.45, 2.75) is 0 Å². The van der Waals surface area contributed by atoms with Crippen LogP contribution >= 0.6 is 0 Å². The van der Waals surface area contributed by atoms with Crippen molar-refractivity contribution in [3.05, 3.63) is 164 Å². The zero-order chi connectivity index (χ0) is 32.3. The molecule has 10 aromatic rings. The largest absolute Gasteiger partial charge is 0.455 e. The number of furan rings is 2. The topological polar surface area (TPSA) is 55.3 Å². The Bertz CT molecular complexity index is 2780. The lowest BCUT2D eigenvalue weighted by atomic mass is 9.98. The summed E-state index contributed by atoms with van der Waals surface area (Å²) >= 11 is 0. The quantitative estimate of drug-likeness (QED) is 0.190. The molecule has 0 fully saturated rings. The molecule has 0 spiro atoms. The molecule has 230 valence electrons. The normalized spacial score (nSPS) is 11.7. The van der Waals surface area contributed by atoms with Gasteiger partial charge in [0, 0.05) is 38.7 Å². The van der Waals surface area contributed by atoms with Crippen LogP contribution in [0, 0.1) is 0 Å². The molecule has 0 saturated carbocycles. The summed E-state index contributed by atoms with van der Waals surface area (Å²) in [6.07, 6.45) is 0. The van der Waals surface area contributed by atoms with E-state index < -0.39 is 0 Å². The van der Waals surface area contributed by atoms with E-state index in [4.69, 9.17) is 18.8 Å². The van der Waals surface area contributed by atoms with Crippen LogP contribution in [-0.4, -0.2) is 9.97 Å². The maximum absolute atomic E-state index is 6.85. The molecule has 3 aromatic heterocycles. The summed E-state index contributed by atoms with van der Waals surface area (Å²) in [4.78, 5) is 12.9.